The van der Waals surface area contributed by atoms with E-state index in [1.165, 1.54) is 54.8 Å². The average Bonchev–Trinajstić information content (AvgIpc) is 3.88. The Morgan fingerprint density at radius 2 is 0.902 bits per heavy atom. The van der Waals surface area contributed by atoms with Crippen LogP contribution in [0, 0.1) is 0 Å². The molecule has 0 fully saturated rings. The Balaban J connectivity index is 1.03. The van der Waals surface area contributed by atoms with Crippen LogP contribution in [0.1, 0.15) is 0 Å². The molecule has 3 heteroatoms. The van der Waals surface area contributed by atoms with Gasteiger partial charge in [-0.1, -0.05) is 164 Å². The van der Waals surface area contributed by atoms with Gasteiger partial charge in [-0.05, 0) is 99.9 Å². The minimum absolute atomic E-state index is 0.878. The fraction of sp³-hybridized carbons (Fsp3) is 0. The number of nitrogens with zero attached hydrogens (tertiary/aromatic N) is 2. The Kier molecular flexibility index (Phi) is 8.17. The number of rotatable bonds is 7. The summed E-state index contributed by atoms with van der Waals surface area (Å²) in [5.74, 6) is 0. The first-order valence-corrected chi connectivity index (χ1v) is 20.8. The van der Waals surface area contributed by atoms with Crippen molar-refractivity contribution in [2.45, 2.75) is 0 Å². The molecule has 0 bridgehead atoms. The molecule has 0 radical (unpaired) electrons. The molecule has 12 aromatic rings. The largest absolute Gasteiger partial charge is 0.455 e. The molecule has 3 nitrogen and oxygen atoms in total. The quantitative estimate of drug-likeness (QED) is 0.161. The molecule has 0 aliphatic rings. The van der Waals surface area contributed by atoms with E-state index in [0.29, 0.717) is 0 Å². The van der Waals surface area contributed by atoms with E-state index >= 15 is 0 Å². The summed E-state index contributed by atoms with van der Waals surface area (Å²) in [6.07, 6.45) is 0. The number of fused-ring (bicyclic) bond motifs is 7. The maximum absolute atomic E-state index is 6.74. The predicted octanol–water partition coefficient (Wildman–Crippen LogP) is 16.3. The Morgan fingerprint density at radius 3 is 1.66 bits per heavy atom. The highest BCUT2D eigenvalue weighted by atomic mass is 16.3. The summed E-state index contributed by atoms with van der Waals surface area (Å²) in [6, 6.07) is 82.9. The van der Waals surface area contributed by atoms with Gasteiger partial charge in [0.05, 0.1) is 16.7 Å². The molecule has 10 aromatic carbocycles. The van der Waals surface area contributed by atoms with Crippen LogP contribution in [-0.2, 0) is 0 Å². The van der Waals surface area contributed by atoms with Gasteiger partial charge < -0.3 is 13.9 Å². The molecular weight excluding hydrogens is 741 g/mol. The van der Waals surface area contributed by atoms with Gasteiger partial charge in [0.15, 0.2) is 0 Å². The van der Waals surface area contributed by atoms with E-state index in [0.717, 1.165) is 55.8 Å². The SMILES string of the molecule is c1ccc(-c2ccc(N(c3ccc(-c4cc(-n5c6ccccc6c6cc(-c7ccccc7)ccc65)cc5c4oc4ccccc45)cc3)c3cccc4ccccc34)cc2)cc1. The van der Waals surface area contributed by atoms with Crippen LogP contribution in [0.5, 0.6) is 0 Å². The fourth-order valence-electron chi connectivity index (χ4n) is 9.27. The third-order valence-electron chi connectivity index (χ3n) is 12.2. The molecule has 2 aromatic heterocycles. The summed E-state index contributed by atoms with van der Waals surface area (Å²) in [4.78, 5) is 2.37. The van der Waals surface area contributed by atoms with Crippen LogP contribution in [0.25, 0.3) is 93.6 Å². The van der Waals surface area contributed by atoms with Crippen molar-refractivity contribution in [3.63, 3.8) is 0 Å². The zero-order valence-electron chi connectivity index (χ0n) is 33.2. The highest BCUT2D eigenvalue weighted by Crippen LogP contribution is 2.44. The van der Waals surface area contributed by atoms with Crippen molar-refractivity contribution in [1.29, 1.82) is 0 Å². The highest BCUT2D eigenvalue weighted by molar-refractivity contribution is 6.13. The van der Waals surface area contributed by atoms with Crippen molar-refractivity contribution in [3.05, 3.63) is 231 Å². The Bertz CT molecular complexity index is 3560. The van der Waals surface area contributed by atoms with E-state index in [1.807, 2.05) is 6.07 Å². The van der Waals surface area contributed by atoms with Gasteiger partial charge in [0.25, 0.3) is 0 Å². The summed E-state index contributed by atoms with van der Waals surface area (Å²) in [5.41, 5.74) is 15.4. The summed E-state index contributed by atoms with van der Waals surface area (Å²) in [6.45, 7) is 0. The molecule has 0 saturated carbocycles. The topological polar surface area (TPSA) is 21.3 Å². The highest BCUT2D eigenvalue weighted by Gasteiger charge is 2.20. The van der Waals surface area contributed by atoms with Crippen LogP contribution >= 0.6 is 0 Å². The average molecular weight is 779 g/mol. The van der Waals surface area contributed by atoms with Gasteiger partial charge in [0, 0.05) is 49.6 Å². The summed E-state index contributed by atoms with van der Waals surface area (Å²) >= 11 is 0. The van der Waals surface area contributed by atoms with Gasteiger partial charge in [0.2, 0.25) is 0 Å². The van der Waals surface area contributed by atoms with E-state index in [4.69, 9.17) is 4.42 Å². The van der Waals surface area contributed by atoms with Crippen molar-refractivity contribution < 1.29 is 4.42 Å². The molecule has 286 valence electrons. The van der Waals surface area contributed by atoms with Gasteiger partial charge in [-0.3, -0.25) is 0 Å². The van der Waals surface area contributed by atoms with E-state index in [1.54, 1.807) is 0 Å². The third kappa shape index (κ3) is 5.90. The van der Waals surface area contributed by atoms with Crippen molar-refractivity contribution in [2.75, 3.05) is 4.90 Å². The summed E-state index contributed by atoms with van der Waals surface area (Å²) < 4.78 is 9.16. The zero-order valence-corrected chi connectivity index (χ0v) is 33.2. The number of hydrogen-bond acceptors (Lipinski definition) is 2. The minimum atomic E-state index is 0.878. The van der Waals surface area contributed by atoms with Crippen molar-refractivity contribution in [3.8, 4) is 39.1 Å². The van der Waals surface area contributed by atoms with Gasteiger partial charge >= 0.3 is 0 Å². The number of aromatic nitrogens is 1. The molecule has 12 rings (SSSR count). The van der Waals surface area contributed by atoms with E-state index in [9.17, 15) is 0 Å². The lowest BCUT2D eigenvalue weighted by Crippen LogP contribution is -2.10. The lowest BCUT2D eigenvalue weighted by molar-refractivity contribution is 0.670. The van der Waals surface area contributed by atoms with Crippen LogP contribution in [0.2, 0.25) is 0 Å². The van der Waals surface area contributed by atoms with Crippen LogP contribution in [0.4, 0.5) is 17.1 Å². The van der Waals surface area contributed by atoms with Gasteiger partial charge in [0.1, 0.15) is 11.2 Å². The molecule has 0 unspecified atom stereocenters. The number of hydrogen-bond donors (Lipinski definition) is 0. The molecule has 0 atom stereocenters. The number of anilines is 3. The lowest BCUT2D eigenvalue weighted by Gasteiger charge is -2.27. The van der Waals surface area contributed by atoms with Crippen molar-refractivity contribution >= 4 is 71.6 Å². The van der Waals surface area contributed by atoms with Gasteiger partial charge in [-0.2, -0.15) is 0 Å². The molecule has 0 saturated heterocycles. The van der Waals surface area contributed by atoms with Crippen LogP contribution in [0.15, 0.2) is 235 Å². The van der Waals surface area contributed by atoms with Crippen LogP contribution in [-0.4, -0.2) is 4.57 Å². The Labute approximate surface area is 353 Å². The first-order chi connectivity index (χ1) is 30.2. The van der Waals surface area contributed by atoms with Gasteiger partial charge in [-0.25, -0.2) is 0 Å². The standard InChI is InChI=1S/C58H38N2O/c1-3-14-39(15-4-1)41-26-31-45(32-27-41)59(54-24-13-19-42-18-7-8-20-48(42)54)46-33-28-43(29-34-46)51-37-47(38-53-50-22-10-12-25-57(50)61-58(51)53)60-55-23-11-9-21-49(55)52-36-44(30-35-56(52)60)40-16-5-2-6-17-40/h1-38H. The molecule has 0 aliphatic heterocycles. The minimum Gasteiger partial charge on any atom is -0.455 e. The lowest BCUT2D eigenvalue weighted by atomic mass is 10.00. The molecule has 0 amide bonds. The first-order valence-electron chi connectivity index (χ1n) is 20.8. The monoisotopic (exact) mass is 778 g/mol. The summed E-state index contributed by atoms with van der Waals surface area (Å²) in [7, 11) is 0. The zero-order chi connectivity index (χ0) is 40.3. The van der Waals surface area contributed by atoms with E-state index in [-0.39, 0.29) is 0 Å². The second-order valence-electron chi connectivity index (χ2n) is 15.7. The van der Waals surface area contributed by atoms with E-state index < -0.39 is 0 Å². The maximum atomic E-state index is 6.74. The number of para-hydroxylation sites is 2. The van der Waals surface area contributed by atoms with Crippen LogP contribution in [0.3, 0.4) is 0 Å². The third-order valence-corrected chi connectivity index (χ3v) is 12.2. The normalized spacial score (nSPS) is 11.6. The maximum Gasteiger partial charge on any atom is 0.143 e. The van der Waals surface area contributed by atoms with Crippen molar-refractivity contribution in [1.82, 2.24) is 4.57 Å². The molecule has 61 heavy (non-hydrogen) atoms. The predicted molar refractivity (Wildman–Crippen MR) is 257 cm³/mol. The summed E-state index contributed by atoms with van der Waals surface area (Å²) in [5, 5.41) is 7.04. The molecule has 0 N–H and O–H groups in total. The molecule has 2 heterocycles. The number of benzene rings is 10. The van der Waals surface area contributed by atoms with Gasteiger partial charge in [-0.15, -0.1) is 0 Å². The number of furan rings is 1. The Morgan fingerprint density at radius 1 is 0.344 bits per heavy atom. The second-order valence-corrected chi connectivity index (χ2v) is 15.7. The van der Waals surface area contributed by atoms with Crippen LogP contribution < -0.4 is 4.90 Å². The smallest absolute Gasteiger partial charge is 0.143 e. The Hall–Kier alpha value is -8.14. The van der Waals surface area contributed by atoms with Crippen molar-refractivity contribution in [2.24, 2.45) is 0 Å². The molecular formula is C58H38N2O. The second kappa shape index (κ2) is 14.3. The van der Waals surface area contributed by atoms with E-state index in [2.05, 4.69) is 234 Å². The first kappa shape index (κ1) is 34.9. The molecule has 0 aliphatic carbocycles. The fourth-order valence-corrected chi connectivity index (χ4v) is 9.27. The molecule has 0 spiro atoms.